The second kappa shape index (κ2) is 7.91. The first-order valence-electron chi connectivity index (χ1n) is 8.43. The topological polar surface area (TPSA) is 97.1 Å². The smallest absolute Gasteiger partial charge is 0.127 e. The second-order valence-corrected chi connectivity index (χ2v) is 6.98. The van der Waals surface area contributed by atoms with E-state index in [1.165, 1.54) is 11.9 Å². The molecule has 2 aromatic carbocycles. The number of aryl methyl sites for hydroxylation is 1. The van der Waals surface area contributed by atoms with Crippen molar-refractivity contribution in [2.75, 3.05) is 17.7 Å². The van der Waals surface area contributed by atoms with E-state index >= 15 is 0 Å². The molecular weight excluding hydrogens is 332 g/mol. The van der Waals surface area contributed by atoms with Crippen molar-refractivity contribution in [3.8, 4) is 0 Å². The Balaban J connectivity index is 1.95. The molecule has 25 heavy (non-hydrogen) atoms. The van der Waals surface area contributed by atoms with E-state index in [1.54, 1.807) is 0 Å². The second-order valence-electron chi connectivity index (χ2n) is 6.27. The quantitative estimate of drug-likeness (QED) is 0.370. The average molecular weight is 356 g/mol. The third-order valence-electron chi connectivity index (χ3n) is 4.43. The Labute approximate surface area is 152 Å². The number of hydrogen-bond acceptors (Lipinski definition) is 6. The number of nitrogens with two attached hydrogens (primary N) is 2. The van der Waals surface area contributed by atoms with Crippen LogP contribution in [0.5, 0.6) is 0 Å². The molecule has 132 valence electrons. The van der Waals surface area contributed by atoms with E-state index in [9.17, 15) is 0 Å². The largest absolute Gasteiger partial charge is 0.398 e. The lowest BCUT2D eigenvalue weighted by molar-refractivity contribution is 0.0343. The number of nitrogens with one attached hydrogen (secondary N) is 2. The minimum Gasteiger partial charge on any atom is -0.398 e. The summed E-state index contributed by atoms with van der Waals surface area (Å²) >= 11 is 1.18. The molecule has 1 saturated heterocycles. The highest BCUT2D eigenvalue weighted by Crippen LogP contribution is 2.28. The number of anilines is 2. The molecular formula is C19H24N4OS. The Kier molecular flexibility index (Phi) is 5.63. The minimum absolute atomic E-state index is 0.0192. The fraction of sp³-hybridized carbons (Fsp3) is 0.316. The maximum absolute atomic E-state index is 8.68. The van der Waals surface area contributed by atoms with Crippen molar-refractivity contribution >= 4 is 29.0 Å². The molecule has 0 amide bonds. The third kappa shape index (κ3) is 4.15. The van der Waals surface area contributed by atoms with E-state index in [0.29, 0.717) is 11.4 Å². The Morgan fingerprint density at radius 1 is 1.28 bits per heavy atom. The summed E-state index contributed by atoms with van der Waals surface area (Å²) in [6, 6.07) is 11.5. The molecule has 3 rings (SSSR count). The average Bonchev–Trinajstić information content (AvgIpc) is 2.65. The summed E-state index contributed by atoms with van der Waals surface area (Å²) in [5.74, 6) is 0. The van der Waals surface area contributed by atoms with Gasteiger partial charge in [0.2, 0.25) is 0 Å². The molecule has 6 N–H and O–H groups in total. The molecule has 0 radical (unpaired) electrons. The van der Waals surface area contributed by atoms with Crippen LogP contribution in [0.25, 0.3) is 0 Å². The van der Waals surface area contributed by atoms with Gasteiger partial charge in [-0.25, -0.2) is 0 Å². The molecule has 0 aliphatic carbocycles. The Morgan fingerprint density at radius 3 is 2.84 bits per heavy atom. The van der Waals surface area contributed by atoms with Crippen LogP contribution in [0.15, 0.2) is 41.3 Å². The van der Waals surface area contributed by atoms with Crippen molar-refractivity contribution in [1.29, 1.82) is 5.41 Å². The summed E-state index contributed by atoms with van der Waals surface area (Å²) in [7, 11) is 0. The summed E-state index contributed by atoms with van der Waals surface area (Å²) in [5, 5.41) is 17.8. The van der Waals surface area contributed by atoms with Crippen LogP contribution in [0, 0.1) is 12.3 Å². The van der Waals surface area contributed by atoms with Gasteiger partial charge in [-0.15, -0.1) is 0 Å². The van der Waals surface area contributed by atoms with Crippen LogP contribution in [-0.4, -0.2) is 18.5 Å². The van der Waals surface area contributed by atoms with Crippen LogP contribution in [-0.2, 0) is 4.74 Å². The molecule has 0 aromatic heterocycles. The number of nitrogen functional groups attached to an aromatic ring is 1. The van der Waals surface area contributed by atoms with E-state index in [-0.39, 0.29) is 6.23 Å². The van der Waals surface area contributed by atoms with Gasteiger partial charge in [0.05, 0.1) is 5.71 Å². The van der Waals surface area contributed by atoms with Crippen LogP contribution >= 0.6 is 11.9 Å². The number of benzene rings is 2. The molecule has 1 fully saturated rings. The number of ether oxygens (including phenoxy) is 1. The van der Waals surface area contributed by atoms with Crippen LogP contribution < -0.4 is 16.2 Å². The number of hydrogen-bond donors (Lipinski definition) is 4. The molecule has 5 nitrogen and oxygen atoms in total. The van der Waals surface area contributed by atoms with E-state index in [1.807, 2.05) is 43.3 Å². The fourth-order valence-corrected chi connectivity index (χ4v) is 3.31. The van der Waals surface area contributed by atoms with Crippen molar-refractivity contribution in [3.05, 3.63) is 53.1 Å². The van der Waals surface area contributed by atoms with Crippen molar-refractivity contribution < 1.29 is 4.74 Å². The normalized spacial score (nSPS) is 17.3. The molecule has 0 saturated carbocycles. The first-order valence-corrected chi connectivity index (χ1v) is 9.31. The van der Waals surface area contributed by atoms with Crippen molar-refractivity contribution in [2.45, 2.75) is 37.3 Å². The molecule has 0 bridgehead atoms. The Bertz CT molecular complexity index is 772. The standard InChI is InChI=1S/C19H24N4OS/c1-12-9-17(23-18-7-2-3-8-24-18)15(11-16(12)20)19(21)13-5-4-6-14(10-13)25-22/h4-6,9-11,18,21,23H,2-3,7-8,20,22H2,1H3. The van der Waals surface area contributed by atoms with Gasteiger partial charge in [-0.1, -0.05) is 12.1 Å². The van der Waals surface area contributed by atoms with Crippen LogP contribution in [0.4, 0.5) is 11.4 Å². The molecule has 1 unspecified atom stereocenters. The molecule has 1 heterocycles. The summed E-state index contributed by atoms with van der Waals surface area (Å²) in [4.78, 5) is 0.924. The van der Waals surface area contributed by atoms with Gasteiger partial charge in [0.15, 0.2) is 0 Å². The highest BCUT2D eigenvalue weighted by atomic mass is 32.2. The van der Waals surface area contributed by atoms with Crippen molar-refractivity contribution in [1.82, 2.24) is 0 Å². The summed E-state index contributed by atoms with van der Waals surface area (Å²) in [6.45, 7) is 2.75. The zero-order valence-electron chi connectivity index (χ0n) is 14.3. The van der Waals surface area contributed by atoms with E-state index in [4.69, 9.17) is 21.0 Å². The molecule has 1 atom stereocenters. The first-order chi connectivity index (χ1) is 12.1. The maximum atomic E-state index is 8.68. The lowest BCUT2D eigenvalue weighted by atomic mass is 9.98. The monoisotopic (exact) mass is 356 g/mol. The SMILES string of the molecule is Cc1cc(NC2CCCCO2)c(C(=N)c2cccc(SN)c2)cc1N. The highest BCUT2D eigenvalue weighted by Gasteiger charge is 2.18. The minimum atomic E-state index is -0.0192. The molecule has 1 aliphatic heterocycles. The van der Waals surface area contributed by atoms with Crippen molar-refractivity contribution in [3.63, 3.8) is 0 Å². The van der Waals surface area contributed by atoms with Gasteiger partial charge in [0.25, 0.3) is 0 Å². The van der Waals surface area contributed by atoms with Crippen LogP contribution in [0.3, 0.4) is 0 Å². The van der Waals surface area contributed by atoms with Crippen LogP contribution in [0.2, 0.25) is 0 Å². The fourth-order valence-electron chi connectivity index (χ4n) is 2.96. The lowest BCUT2D eigenvalue weighted by Gasteiger charge is -2.26. The van der Waals surface area contributed by atoms with Crippen molar-refractivity contribution in [2.24, 2.45) is 5.14 Å². The third-order valence-corrected chi connectivity index (χ3v) is 4.96. The Morgan fingerprint density at radius 2 is 2.12 bits per heavy atom. The Hall–Kier alpha value is -2.02. The van der Waals surface area contributed by atoms with Gasteiger partial charge in [0, 0.05) is 34.0 Å². The first kappa shape index (κ1) is 17.8. The van der Waals surface area contributed by atoms with Gasteiger partial charge in [-0.3, -0.25) is 10.5 Å². The summed E-state index contributed by atoms with van der Waals surface area (Å²) in [6.07, 6.45) is 3.20. The van der Waals surface area contributed by atoms with Gasteiger partial charge < -0.3 is 15.8 Å². The van der Waals surface area contributed by atoms with Gasteiger partial charge in [0.1, 0.15) is 6.23 Å². The van der Waals surface area contributed by atoms with E-state index in [2.05, 4.69) is 5.32 Å². The summed E-state index contributed by atoms with van der Waals surface area (Å²) in [5.41, 5.74) is 10.7. The highest BCUT2D eigenvalue weighted by molar-refractivity contribution is 7.97. The zero-order valence-corrected chi connectivity index (χ0v) is 15.2. The van der Waals surface area contributed by atoms with Gasteiger partial charge >= 0.3 is 0 Å². The molecule has 0 spiro atoms. The molecule has 6 heteroatoms. The van der Waals surface area contributed by atoms with E-state index < -0.39 is 0 Å². The van der Waals surface area contributed by atoms with E-state index in [0.717, 1.165) is 53.1 Å². The van der Waals surface area contributed by atoms with Gasteiger partial charge in [-0.05, 0) is 68.0 Å². The zero-order chi connectivity index (χ0) is 17.8. The van der Waals surface area contributed by atoms with Gasteiger partial charge in [-0.2, -0.15) is 0 Å². The maximum Gasteiger partial charge on any atom is 0.127 e. The predicted octanol–water partition coefficient (Wildman–Crippen LogP) is 3.90. The predicted molar refractivity (Wildman–Crippen MR) is 105 cm³/mol. The summed E-state index contributed by atoms with van der Waals surface area (Å²) < 4.78 is 5.80. The molecule has 2 aromatic rings. The van der Waals surface area contributed by atoms with Crippen LogP contribution in [0.1, 0.15) is 36.0 Å². The lowest BCUT2D eigenvalue weighted by Crippen LogP contribution is -2.28. The number of rotatable bonds is 5. The molecule has 1 aliphatic rings.